The molecule has 2 heterocycles. The van der Waals surface area contributed by atoms with Crippen LogP contribution in [0.15, 0.2) is 57.7 Å². The van der Waals surface area contributed by atoms with Crippen molar-refractivity contribution in [1.82, 2.24) is 4.90 Å². The quantitative estimate of drug-likeness (QED) is 0.635. The van der Waals surface area contributed by atoms with Crippen LogP contribution in [-0.4, -0.2) is 49.6 Å². The molecule has 0 atom stereocenters. The molecule has 0 spiro atoms. The first-order chi connectivity index (χ1) is 15.0. The molecule has 1 fully saturated rings. The Morgan fingerprint density at radius 1 is 1.10 bits per heavy atom. The molecular weight excluding hydrogens is 400 g/mol. The van der Waals surface area contributed by atoms with Gasteiger partial charge >= 0.3 is 5.63 Å². The van der Waals surface area contributed by atoms with Gasteiger partial charge in [-0.3, -0.25) is 9.59 Å². The fourth-order valence-electron chi connectivity index (χ4n) is 3.41. The number of hydrogen-bond acceptors (Lipinski definition) is 6. The van der Waals surface area contributed by atoms with E-state index in [1.54, 1.807) is 54.3 Å². The van der Waals surface area contributed by atoms with Crippen LogP contribution in [0.5, 0.6) is 5.75 Å². The SMILES string of the molecule is Cc1c(NC(=O)COc2ccc3ccc(=O)oc3c2)cccc1C(=O)N1CCOCC1. The van der Waals surface area contributed by atoms with Crippen LogP contribution >= 0.6 is 0 Å². The third-order valence-electron chi connectivity index (χ3n) is 5.10. The molecule has 1 aliphatic heterocycles. The highest BCUT2D eigenvalue weighted by Gasteiger charge is 2.21. The van der Waals surface area contributed by atoms with Gasteiger partial charge in [-0.25, -0.2) is 4.79 Å². The van der Waals surface area contributed by atoms with Crippen molar-refractivity contribution < 1.29 is 23.5 Å². The van der Waals surface area contributed by atoms with Crippen molar-refractivity contribution >= 4 is 28.5 Å². The lowest BCUT2D eigenvalue weighted by Gasteiger charge is -2.27. The van der Waals surface area contributed by atoms with E-state index < -0.39 is 5.63 Å². The van der Waals surface area contributed by atoms with E-state index in [2.05, 4.69) is 5.32 Å². The molecule has 8 nitrogen and oxygen atoms in total. The zero-order chi connectivity index (χ0) is 21.8. The van der Waals surface area contributed by atoms with Crippen LogP contribution in [0.2, 0.25) is 0 Å². The maximum Gasteiger partial charge on any atom is 0.336 e. The maximum absolute atomic E-state index is 12.8. The van der Waals surface area contributed by atoms with Gasteiger partial charge in [-0.2, -0.15) is 0 Å². The fraction of sp³-hybridized carbons (Fsp3) is 0.261. The van der Waals surface area contributed by atoms with Gasteiger partial charge in [-0.1, -0.05) is 6.07 Å². The summed E-state index contributed by atoms with van der Waals surface area (Å²) in [6.45, 7) is 3.72. The number of nitrogens with one attached hydrogen (secondary N) is 1. The number of rotatable bonds is 5. The summed E-state index contributed by atoms with van der Waals surface area (Å²) in [5.74, 6) is -0.0375. The number of anilines is 1. The Hall–Kier alpha value is -3.65. The zero-order valence-corrected chi connectivity index (χ0v) is 17.1. The maximum atomic E-state index is 12.8. The van der Waals surface area contributed by atoms with E-state index in [9.17, 15) is 14.4 Å². The largest absolute Gasteiger partial charge is 0.484 e. The van der Waals surface area contributed by atoms with Gasteiger partial charge in [-0.05, 0) is 42.8 Å². The molecule has 2 amide bonds. The number of amides is 2. The fourth-order valence-corrected chi connectivity index (χ4v) is 3.41. The van der Waals surface area contributed by atoms with Gasteiger partial charge in [0.15, 0.2) is 6.61 Å². The Balaban J connectivity index is 1.41. The molecular formula is C23H22N2O6. The lowest BCUT2D eigenvalue weighted by molar-refractivity contribution is -0.118. The highest BCUT2D eigenvalue weighted by Crippen LogP contribution is 2.22. The summed E-state index contributed by atoms with van der Waals surface area (Å²) in [5, 5.41) is 3.55. The number of fused-ring (bicyclic) bond motifs is 1. The van der Waals surface area contributed by atoms with Crippen LogP contribution in [0.3, 0.4) is 0 Å². The molecule has 0 unspecified atom stereocenters. The van der Waals surface area contributed by atoms with Gasteiger partial charge in [0.25, 0.3) is 11.8 Å². The Kier molecular flexibility index (Phi) is 5.99. The van der Waals surface area contributed by atoms with E-state index in [1.807, 2.05) is 0 Å². The van der Waals surface area contributed by atoms with E-state index in [0.717, 1.165) is 5.39 Å². The molecule has 0 bridgehead atoms. The van der Waals surface area contributed by atoms with Crippen LogP contribution in [0.1, 0.15) is 15.9 Å². The molecule has 2 aromatic carbocycles. The van der Waals surface area contributed by atoms with Crippen LogP contribution < -0.4 is 15.7 Å². The van der Waals surface area contributed by atoms with Gasteiger partial charge in [0, 0.05) is 41.9 Å². The third kappa shape index (κ3) is 4.75. The van der Waals surface area contributed by atoms with E-state index >= 15 is 0 Å². The van der Waals surface area contributed by atoms with Crippen molar-refractivity contribution in [2.45, 2.75) is 6.92 Å². The first-order valence-electron chi connectivity index (χ1n) is 9.94. The minimum atomic E-state index is -0.454. The number of nitrogens with zero attached hydrogens (tertiary/aromatic N) is 1. The van der Waals surface area contributed by atoms with Gasteiger partial charge in [-0.15, -0.1) is 0 Å². The van der Waals surface area contributed by atoms with Crippen molar-refractivity contribution in [1.29, 1.82) is 0 Å². The van der Waals surface area contributed by atoms with Crippen molar-refractivity contribution in [2.24, 2.45) is 0 Å². The van der Waals surface area contributed by atoms with Gasteiger partial charge in [0.1, 0.15) is 11.3 Å². The molecule has 1 N–H and O–H groups in total. The van der Waals surface area contributed by atoms with Crippen molar-refractivity contribution in [3.8, 4) is 5.75 Å². The number of hydrogen-bond donors (Lipinski definition) is 1. The molecule has 0 radical (unpaired) electrons. The van der Waals surface area contributed by atoms with Crippen molar-refractivity contribution in [2.75, 3.05) is 38.2 Å². The van der Waals surface area contributed by atoms with Gasteiger partial charge < -0.3 is 24.1 Å². The minimum Gasteiger partial charge on any atom is -0.484 e. The summed E-state index contributed by atoms with van der Waals surface area (Å²) in [6.07, 6.45) is 0. The number of carbonyl (C=O) groups is 2. The van der Waals surface area contributed by atoms with Crippen LogP contribution in [0, 0.1) is 6.92 Å². The predicted molar refractivity (Wildman–Crippen MR) is 115 cm³/mol. The molecule has 1 saturated heterocycles. The standard InChI is InChI=1S/C23H22N2O6/c1-15-18(23(28)25-9-11-29-12-10-25)3-2-4-19(15)24-21(26)14-30-17-7-5-16-6-8-22(27)31-20(16)13-17/h2-8,13H,9-12,14H2,1H3,(H,24,26). The lowest BCUT2D eigenvalue weighted by atomic mass is 10.0. The Morgan fingerprint density at radius 3 is 2.68 bits per heavy atom. The predicted octanol–water partition coefficient (Wildman–Crippen LogP) is 2.59. The molecule has 8 heteroatoms. The number of benzene rings is 2. The minimum absolute atomic E-state index is 0.0780. The van der Waals surface area contributed by atoms with E-state index in [-0.39, 0.29) is 18.4 Å². The topological polar surface area (TPSA) is 98.1 Å². The summed E-state index contributed by atoms with van der Waals surface area (Å²) in [6, 6.07) is 13.2. The van der Waals surface area contributed by atoms with Crippen molar-refractivity contribution in [3.05, 3.63) is 70.1 Å². The smallest absolute Gasteiger partial charge is 0.336 e. The molecule has 0 saturated carbocycles. The highest BCUT2D eigenvalue weighted by atomic mass is 16.5. The van der Waals surface area contributed by atoms with Gasteiger partial charge in [0.05, 0.1) is 13.2 Å². The molecule has 3 aromatic rings. The molecule has 31 heavy (non-hydrogen) atoms. The highest BCUT2D eigenvalue weighted by molar-refractivity contribution is 5.99. The summed E-state index contributed by atoms with van der Waals surface area (Å²) >= 11 is 0. The van der Waals surface area contributed by atoms with E-state index in [1.165, 1.54) is 6.07 Å². The average molecular weight is 422 g/mol. The normalized spacial score (nSPS) is 13.8. The van der Waals surface area contributed by atoms with E-state index in [0.29, 0.717) is 54.5 Å². The third-order valence-corrected chi connectivity index (χ3v) is 5.10. The summed E-state index contributed by atoms with van der Waals surface area (Å²) in [7, 11) is 0. The Morgan fingerprint density at radius 2 is 1.87 bits per heavy atom. The Bertz CT molecular complexity index is 1180. The number of carbonyl (C=O) groups excluding carboxylic acids is 2. The number of ether oxygens (including phenoxy) is 2. The Labute approximate surface area is 178 Å². The summed E-state index contributed by atoms with van der Waals surface area (Å²) < 4.78 is 16.0. The monoisotopic (exact) mass is 422 g/mol. The molecule has 1 aromatic heterocycles. The average Bonchev–Trinajstić information content (AvgIpc) is 2.79. The van der Waals surface area contributed by atoms with Crippen LogP contribution in [-0.2, 0) is 9.53 Å². The second-order valence-corrected chi connectivity index (χ2v) is 7.17. The molecule has 160 valence electrons. The first kappa shape index (κ1) is 20.6. The second-order valence-electron chi connectivity index (χ2n) is 7.17. The number of morpholine rings is 1. The lowest BCUT2D eigenvalue weighted by Crippen LogP contribution is -2.41. The molecule has 0 aliphatic carbocycles. The summed E-state index contributed by atoms with van der Waals surface area (Å²) in [5.41, 5.74) is 1.72. The van der Waals surface area contributed by atoms with Gasteiger partial charge in [0.2, 0.25) is 0 Å². The van der Waals surface area contributed by atoms with Crippen LogP contribution in [0.4, 0.5) is 5.69 Å². The first-order valence-corrected chi connectivity index (χ1v) is 9.94. The molecule has 4 rings (SSSR count). The van der Waals surface area contributed by atoms with E-state index in [4.69, 9.17) is 13.9 Å². The molecule has 1 aliphatic rings. The summed E-state index contributed by atoms with van der Waals surface area (Å²) in [4.78, 5) is 38.3. The van der Waals surface area contributed by atoms with Crippen LogP contribution in [0.25, 0.3) is 11.0 Å². The zero-order valence-electron chi connectivity index (χ0n) is 17.1. The second kappa shape index (κ2) is 9.01. The van der Waals surface area contributed by atoms with Crippen molar-refractivity contribution in [3.63, 3.8) is 0 Å².